The van der Waals surface area contributed by atoms with Gasteiger partial charge in [0.2, 0.25) is 0 Å². The number of pyridine rings is 1. The van der Waals surface area contributed by atoms with Crippen LogP contribution < -0.4 is 3.58 Å². The topological polar surface area (TPSA) is 25.2 Å². The molecule has 2 nitrogen and oxygen atoms in total. The monoisotopic (exact) mass is 408 g/mol. The van der Waals surface area contributed by atoms with Gasteiger partial charge in [0.05, 0.1) is 0 Å². The van der Waals surface area contributed by atoms with E-state index in [0.29, 0.717) is 0 Å². The van der Waals surface area contributed by atoms with E-state index < -0.39 is 27.4 Å². The van der Waals surface area contributed by atoms with Crippen molar-refractivity contribution in [1.29, 1.82) is 0 Å². The summed E-state index contributed by atoms with van der Waals surface area (Å²) < 4.78 is 19.5. The second kappa shape index (κ2) is 6.24. The molecule has 0 saturated heterocycles. The summed E-state index contributed by atoms with van der Waals surface area (Å²) in [6.07, 6.45) is 2.40. The standard InChI is InChI=1S/C19H13FN2.Sn/c20-18-13-17(9-10-22-18)19(21)16-8-4-7-15(12-16)11-14-5-2-1-3-6-14;/h1-7,9-10,12-13H,11H2;/q-1;+1. The molecule has 1 aliphatic rings. The fourth-order valence-corrected chi connectivity index (χ4v) is 5.49. The van der Waals surface area contributed by atoms with Gasteiger partial charge < -0.3 is 0 Å². The number of benzene rings is 2. The SMILES string of the molecule is Fc1cc(C2=[N][Sn][c]3ccc(Cc4ccccc4)cc32)ccn1. The van der Waals surface area contributed by atoms with E-state index in [1.807, 2.05) is 12.1 Å². The van der Waals surface area contributed by atoms with Gasteiger partial charge in [0.15, 0.2) is 0 Å². The summed E-state index contributed by atoms with van der Waals surface area (Å²) in [5.74, 6) is -0.454. The molecule has 0 N–H and O–H groups in total. The van der Waals surface area contributed by atoms with E-state index in [0.717, 1.165) is 17.7 Å². The van der Waals surface area contributed by atoms with Crippen molar-refractivity contribution in [3.05, 3.63) is 95.1 Å². The summed E-state index contributed by atoms with van der Waals surface area (Å²) in [6, 6.07) is 20.3. The molecule has 0 unspecified atom stereocenters. The minimum absolute atomic E-state index is 0.454. The Bertz CT molecular complexity index is 891. The van der Waals surface area contributed by atoms with Crippen LogP contribution in [0.25, 0.3) is 0 Å². The van der Waals surface area contributed by atoms with Crippen LogP contribution in [0.15, 0.2) is 70.1 Å². The molecular weight excluding hydrogens is 394 g/mol. The van der Waals surface area contributed by atoms with Gasteiger partial charge in [-0.25, -0.2) is 0 Å². The van der Waals surface area contributed by atoms with Gasteiger partial charge in [-0.1, -0.05) is 0 Å². The fraction of sp³-hybridized carbons (Fsp3) is 0.0526. The van der Waals surface area contributed by atoms with Crippen molar-refractivity contribution < 1.29 is 4.39 Å². The zero-order chi connectivity index (χ0) is 15.6. The molecule has 2 radical (unpaired) electrons. The van der Waals surface area contributed by atoms with Crippen LogP contribution in [0.4, 0.5) is 4.39 Å². The van der Waals surface area contributed by atoms with E-state index in [-0.39, 0.29) is 0 Å². The van der Waals surface area contributed by atoms with Crippen molar-refractivity contribution in [2.24, 2.45) is 3.21 Å². The predicted molar refractivity (Wildman–Crippen MR) is 90.9 cm³/mol. The molecular formula is C19H13FN2Sn. The molecule has 23 heavy (non-hydrogen) atoms. The molecule has 3 aromatic rings. The van der Waals surface area contributed by atoms with Crippen LogP contribution in [-0.4, -0.2) is 32.1 Å². The molecule has 0 atom stereocenters. The Morgan fingerprint density at radius 2 is 1.78 bits per heavy atom. The number of rotatable bonds is 3. The van der Waals surface area contributed by atoms with Crippen LogP contribution in [0.5, 0.6) is 0 Å². The third kappa shape index (κ3) is 3.06. The van der Waals surface area contributed by atoms with E-state index >= 15 is 0 Å². The van der Waals surface area contributed by atoms with Crippen LogP contribution in [0, 0.1) is 5.95 Å². The van der Waals surface area contributed by atoms with Crippen LogP contribution in [0.3, 0.4) is 0 Å². The molecule has 0 spiro atoms. The molecule has 0 bridgehead atoms. The molecule has 2 heterocycles. The van der Waals surface area contributed by atoms with E-state index in [9.17, 15) is 4.39 Å². The Morgan fingerprint density at radius 1 is 0.913 bits per heavy atom. The molecule has 0 aliphatic carbocycles. The van der Waals surface area contributed by atoms with Crippen LogP contribution in [0.1, 0.15) is 22.3 Å². The first-order valence-corrected chi connectivity index (χ1v) is 10.1. The summed E-state index contributed by atoms with van der Waals surface area (Å²) in [5, 5.41) is 0. The van der Waals surface area contributed by atoms with Gasteiger partial charge in [-0.05, 0) is 0 Å². The first-order chi connectivity index (χ1) is 11.3. The minimum atomic E-state index is -0.946. The average molecular weight is 407 g/mol. The summed E-state index contributed by atoms with van der Waals surface area (Å²) in [4.78, 5) is 3.63. The second-order valence-electron chi connectivity index (χ2n) is 5.48. The first kappa shape index (κ1) is 14.6. The van der Waals surface area contributed by atoms with Crippen molar-refractivity contribution in [2.45, 2.75) is 6.42 Å². The summed E-state index contributed by atoms with van der Waals surface area (Å²) >= 11 is -0.946. The Morgan fingerprint density at radius 3 is 2.61 bits per heavy atom. The van der Waals surface area contributed by atoms with Crippen LogP contribution in [-0.2, 0) is 6.42 Å². The van der Waals surface area contributed by atoms with Crippen molar-refractivity contribution >= 4 is 30.7 Å². The third-order valence-electron chi connectivity index (χ3n) is 3.88. The second-order valence-corrected chi connectivity index (χ2v) is 8.30. The van der Waals surface area contributed by atoms with Gasteiger partial charge in [-0.2, -0.15) is 0 Å². The number of aromatic nitrogens is 1. The number of nitrogens with zero attached hydrogens (tertiary/aromatic N) is 2. The summed E-state index contributed by atoms with van der Waals surface area (Å²) in [6.45, 7) is 0. The predicted octanol–water partition coefficient (Wildman–Crippen LogP) is 2.91. The molecule has 0 saturated carbocycles. The molecule has 4 rings (SSSR count). The fourth-order valence-electron chi connectivity index (χ4n) is 2.77. The Labute approximate surface area is 144 Å². The average Bonchev–Trinajstić information content (AvgIpc) is 2.99. The molecule has 110 valence electrons. The summed E-state index contributed by atoms with van der Waals surface area (Å²) in [5.41, 5.74) is 5.49. The van der Waals surface area contributed by atoms with E-state index in [1.165, 1.54) is 32.5 Å². The Kier molecular flexibility index (Phi) is 3.95. The van der Waals surface area contributed by atoms with E-state index in [1.54, 1.807) is 0 Å². The molecule has 4 heteroatoms. The maximum absolute atomic E-state index is 13.4. The quantitative estimate of drug-likeness (QED) is 0.485. The molecule has 2 aromatic carbocycles. The Hall–Kier alpha value is -2.01. The van der Waals surface area contributed by atoms with Crippen LogP contribution in [0.2, 0.25) is 0 Å². The molecule has 0 fully saturated rings. The van der Waals surface area contributed by atoms with Crippen molar-refractivity contribution in [1.82, 2.24) is 4.98 Å². The first-order valence-electron chi connectivity index (χ1n) is 7.42. The van der Waals surface area contributed by atoms with E-state index in [4.69, 9.17) is 3.21 Å². The Balaban J connectivity index is 1.69. The molecule has 1 aromatic heterocycles. The van der Waals surface area contributed by atoms with Crippen molar-refractivity contribution in [3.8, 4) is 0 Å². The molecule has 0 amide bonds. The van der Waals surface area contributed by atoms with Crippen molar-refractivity contribution in [3.63, 3.8) is 0 Å². The third-order valence-corrected chi connectivity index (χ3v) is 6.77. The van der Waals surface area contributed by atoms with Gasteiger partial charge in [0, 0.05) is 0 Å². The normalized spacial score (nSPS) is 12.8. The molecule has 1 aliphatic heterocycles. The number of halogens is 1. The van der Waals surface area contributed by atoms with Gasteiger partial charge in [-0.3, -0.25) is 0 Å². The van der Waals surface area contributed by atoms with Crippen LogP contribution >= 0.6 is 0 Å². The van der Waals surface area contributed by atoms with Crippen molar-refractivity contribution in [2.75, 3.05) is 0 Å². The zero-order valence-corrected chi connectivity index (χ0v) is 15.2. The number of hydrogen-bond acceptors (Lipinski definition) is 2. The number of hydrogen-bond donors (Lipinski definition) is 0. The van der Waals surface area contributed by atoms with Gasteiger partial charge in [0.1, 0.15) is 0 Å². The number of fused-ring (bicyclic) bond motifs is 1. The van der Waals surface area contributed by atoms with Gasteiger partial charge in [-0.15, -0.1) is 0 Å². The van der Waals surface area contributed by atoms with Gasteiger partial charge >= 0.3 is 145 Å². The maximum atomic E-state index is 13.4. The summed E-state index contributed by atoms with van der Waals surface area (Å²) in [7, 11) is 0. The van der Waals surface area contributed by atoms with Gasteiger partial charge in [0.25, 0.3) is 0 Å². The zero-order valence-electron chi connectivity index (χ0n) is 12.3. The van der Waals surface area contributed by atoms with E-state index in [2.05, 4.69) is 47.4 Å².